The molecule has 82 valence electrons. The number of hydrogen-bond donors (Lipinski definition) is 3. The Hall–Kier alpha value is -2.07. The van der Waals surface area contributed by atoms with E-state index in [1.165, 1.54) is 6.07 Å². The summed E-state index contributed by atoms with van der Waals surface area (Å²) in [7, 11) is 0. The Morgan fingerprint density at radius 2 is 2.00 bits per heavy atom. The molecule has 1 aromatic heterocycles. The first-order valence-corrected chi connectivity index (χ1v) is 4.83. The van der Waals surface area contributed by atoms with Crippen molar-refractivity contribution in [1.29, 1.82) is 0 Å². The van der Waals surface area contributed by atoms with Crippen LogP contribution in [0.25, 0.3) is 11.3 Å². The third-order valence-electron chi connectivity index (χ3n) is 2.31. The zero-order valence-electron chi connectivity index (χ0n) is 8.47. The van der Waals surface area contributed by atoms with Gasteiger partial charge in [0.25, 0.3) is 5.56 Å². The summed E-state index contributed by atoms with van der Waals surface area (Å²) >= 11 is 0. The van der Waals surface area contributed by atoms with E-state index in [0.29, 0.717) is 5.69 Å². The van der Waals surface area contributed by atoms with Crippen molar-refractivity contribution in [2.75, 3.05) is 0 Å². The molecule has 4 heteroatoms. The van der Waals surface area contributed by atoms with Gasteiger partial charge in [0.05, 0.1) is 6.61 Å². The smallest absolute Gasteiger partial charge is 0.290 e. The monoisotopic (exact) mass is 217 g/mol. The van der Waals surface area contributed by atoms with Crippen LogP contribution in [0.2, 0.25) is 0 Å². The fraction of sp³-hybridized carbons (Fsp3) is 0.0833. The maximum atomic E-state index is 11.2. The van der Waals surface area contributed by atoms with Gasteiger partial charge in [0.1, 0.15) is 0 Å². The quantitative estimate of drug-likeness (QED) is 0.708. The van der Waals surface area contributed by atoms with Crippen LogP contribution in [0.3, 0.4) is 0 Å². The van der Waals surface area contributed by atoms with Crippen LogP contribution in [-0.4, -0.2) is 15.2 Å². The Balaban J connectivity index is 2.50. The summed E-state index contributed by atoms with van der Waals surface area (Å²) in [5.74, 6) is -0.304. The number of aromatic hydroxyl groups is 1. The predicted molar refractivity (Wildman–Crippen MR) is 60.1 cm³/mol. The second-order valence-electron chi connectivity index (χ2n) is 3.44. The summed E-state index contributed by atoms with van der Waals surface area (Å²) < 4.78 is 0. The van der Waals surface area contributed by atoms with Crippen molar-refractivity contribution in [3.8, 4) is 17.0 Å². The molecule has 0 aliphatic rings. The van der Waals surface area contributed by atoms with Crippen LogP contribution in [-0.2, 0) is 6.61 Å². The van der Waals surface area contributed by atoms with Crippen LogP contribution in [0, 0.1) is 0 Å². The van der Waals surface area contributed by atoms with Gasteiger partial charge in [-0.2, -0.15) is 0 Å². The Labute approximate surface area is 91.8 Å². The first-order valence-electron chi connectivity index (χ1n) is 4.83. The SMILES string of the molecule is O=c1[nH]c(-c2cccc(CO)c2)ccc1O. The second-order valence-corrected chi connectivity index (χ2v) is 3.44. The Bertz CT molecular complexity index is 560. The number of benzene rings is 1. The van der Waals surface area contributed by atoms with Crippen LogP contribution in [0.4, 0.5) is 0 Å². The number of aromatic nitrogens is 1. The molecule has 2 rings (SSSR count). The fourth-order valence-electron chi connectivity index (χ4n) is 1.47. The maximum Gasteiger partial charge on any atom is 0.290 e. The van der Waals surface area contributed by atoms with Gasteiger partial charge in [-0.15, -0.1) is 0 Å². The summed E-state index contributed by atoms with van der Waals surface area (Å²) in [5, 5.41) is 18.1. The summed E-state index contributed by atoms with van der Waals surface area (Å²) in [6.07, 6.45) is 0. The van der Waals surface area contributed by atoms with Crippen LogP contribution in [0.1, 0.15) is 5.56 Å². The van der Waals surface area contributed by atoms with E-state index in [9.17, 15) is 4.79 Å². The van der Waals surface area contributed by atoms with Crippen molar-refractivity contribution in [2.45, 2.75) is 6.61 Å². The molecule has 0 aliphatic carbocycles. The highest BCUT2D eigenvalue weighted by Crippen LogP contribution is 2.18. The number of rotatable bonds is 2. The Morgan fingerprint density at radius 3 is 2.69 bits per heavy atom. The summed E-state index contributed by atoms with van der Waals surface area (Å²) in [6, 6.07) is 10.2. The molecule has 0 saturated carbocycles. The Morgan fingerprint density at radius 1 is 1.19 bits per heavy atom. The van der Waals surface area contributed by atoms with E-state index >= 15 is 0 Å². The third kappa shape index (κ3) is 1.97. The van der Waals surface area contributed by atoms with Gasteiger partial charge in [-0.25, -0.2) is 0 Å². The number of nitrogens with one attached hydrogen (secondary N) is 1. The lowest BCUT2D eigenvalue weighted by Gasteiger charge is -2.03. The van der Waals surface area contributed by atoms with E-state index in [2.05, 4.69) is 4.98 Å². The minimum absolute atomic E-state index is 0.0455. The zero-order valence-corrected chi connectivity index (χ0v) is 8.47. The molecule has 0 bridgehead atoms. The summed E-state index contributed by atoms with van der Waals surface area (Å²) in [4.78, 5) is 13.8. The van der Waals surface area contributed by atoms with Gasteiger partial charge >= 0.3 is 0 Å². The molecular formula is C12H11NO3. The Kier molecular flexibility index (Phi) is 2.74. The number of aromatic amines is 1. The molecule has 0 unspecified atom stereocenters. The average Bonchev–Trinajstić information content (AvgIpc) is 2.33. The molecule has 0 saturated heterocycles. The van der Waals surface area contributed by atoms with Crippen molar-refractivity contribution in [3.05, 3.63) is 52.3 Å². The average molecular weight is 217 g/mol. The minimum Gasteiger partial charge on any atom is -0.503 e. The van der Waals surface area contributed by atoms with E-state index in [1.54, 1.807) is 24.3 Å². The lowest BCUT2D eigenvalue weighted by atomic mass is 10.1. The van der Waals surface area contributed by atoms with Crippen molar-refractivity contribution >= 4 is 0 Å². The molecule has 0 spiro atoms. The van der Waals surface area contributed by atoms with E-state index in [1.807, 2.05) is 6.07 Å². The predicted octanol–water partition coefficient (Wildman–Crippen LogP) is 1.24. The molecule has 0 aliphatic heterocycles. The third-order valence-corrected chi connectivity index (χ3v) is 2.31. The maximum absolute atomic E-state index is 11.2. The minimum atomic E-state index is -0.521. The number of aliphatic hydroxyl groups is 1. The highest BCUT2D eigenvalue weighted by Gasteiger charge is 2.02. The van der Waals surface area contributed by atoms with E-state index in [0.717, 1.165) is 11.1 Å². The number of hydrogen-bond acceptors (Lipinski definition) is 3. The lowest BCUT2D eigenvalue weighted by Crippen LogP contribution is -2.05. The lowest BCUT2D eigenvalue weighted by molar-refractivity contribution is 0.282. The highest BCUT2D eigenvalue weighted by molar-refractivity contribution is 5.60. The molecule has 16 heavy (non-hydrogen) atoms. The van der Waals surface area contributed by atoms with Gasteiger partial charge in [0.2, 0.25) is 0 Å². The van der Waals surface area contributed by atoms with Crippen molar-refractivity contribution < 1.29 is 10.2 Å². The topological polar surface area (TPSA) is 73.3 Å². The molecule has 1 aromatic carbocycles. The number of aliphatic hydroxyl groups excluding tert-OH is 1. The first-order chi connectivity index (χ1) is 7.70. The van der Waals surface area contributed by atoms with Crippen LogP contribution in [0.15, 0.2) is 41.2 Å². The van der Waals surface area contributed by atoms with Crippen molar-refractivity contribution in [3.63, 3.8) is 0 Å². The van der Waals surface area contributed by atoms with Crippen LogP contribution >= 0.6 is 0 Å². The van der Waals surface area contributed by atoms with E-state index < -0.39 is 5.56 Å². The molecule has 1 heterocycles. The van der Waals surface area contributed by atoms with Crippen molar-refractivity contribution in [1.82, 2.24) is 4.98 Å². The van der Waals surface area contributed by atoms with Gasteiger partial charge in [-0.3, -0.25) is 4.79 Å². The largest absolute Gasteiger partial charge is 0.503 e. The van der Waals surface area contributed by atoms with Crippen molar-refractivity contribution in [2.24, 2.45) is 0 Å². The van der Waals surface area contributed by atoms with Crippen LogP contribution in [0.5, 0.6) is 5.75 Å². The summed E-state index contributed by atoms with van der Waals surface area (Å²) in [5.41, 5.74) is 1.65. The van der Waals surface area contributed by atoms with E-state index in [-0.39, 0.29) is 12.4 Å². The molecule has 3 N–H and O–H groups in total. The first kappa shape index (κ1) is 10.4. The van der Waals surface area contributed by atoms with Gasteiger partial charge < -0.3 is 15.2 Å². The highest BCUT2D eigenvalue weighted by atomic mass is 16.3. The molecule has 0 atom stereocenters. The molecule has 0 fully saturated rings. The van der Waals surface area contributed by atoms with Gasteiger partial charge in [0.15, 0.2) is 5.75 Å². The fourth-order valence-corrected chi connectivity index (χ4v) is 1.47. The normalized spacial score (nSPS) is 10.3. The number of pyridine rings is 1. The standard InChI is InChI=1S/C12H11NO3/c14-7-8-2-1-3-9(6-8)10-4-5-11(15)12(16)13-10/h1-6,14-15H,7H2,(H,13,16). The molecule has 0 amide bonds. The summed E-state index contributed by atoms with van der Waals surface area (Å²) in [6.45, 7) is -0.0455. The number of H-pyrrole nitrogens is 1. The molecule has 4 nitrogen and oxygen atoms in total. The van der Waals surface area contributed by atoms with Crippen LogP contribution < -0.4 is 5.56 Å². The zero-order chi connectivity index (χ0) is 11.5. The molecule has 0 radical (unpaired) electrons. The van der Waals surface area contributed by atoms with E-state index in [4.69, 9.17) is 10.2 Å². The second kappa shape index (κ2) is 4.20. The van der Waals surface area contributed by atoms with Gasteiger partial charge in [-0.05, 0) is 29.3 Å². The van der Waals surface area contributed by atoms with Gasteiger partial charge in [-0.1, -0.05) is 18.2 Å². The molecular weight excluding hydrogens is 206 g/mol. The molecule has 2 aromatic rings. The van der Waals surface area contributed by atoms with Gasteiger partial charge in [0, 0.05) is 5.69 Å².